The Balaban J connectivity index is 2.15. The SMILES string of the molecule is CC(C)(C)CC(NC(=O)C(=O)Nc1cccc(C(F)(F)F)n1)C(=O)NC(C[C@@H]1CCCNC1=O)C(=O)CO. The van der Waals surface area contributed by atoms with Gasteiger partial charge in [0.05, 0.1) is 6.04 Å². The molecule has 1 aromatic rings. The van der Waals surface area contributed by atoms with Gasteiger partial charge in [0.2, 0.25) is 11.8 Å². The van der Waals surface area contributed by atoms with Gasteiger partial charge in [-0.3, -0.25) is 24.0 Å². The number of nitrogens with one attached hydrogen (secondary N) is 4. The Morgan fingerprint density at radius 2 is 1.79 bits per heavy atom. The maximum Gasteiger partial charge on any atom is 0.433 e. The third-order valence-corrected chi connectivity index (χ3v) is 5.71. The predicted molar refractivity (Wildman–Crippen MR) is 128 cm³/mol. The molecule has 2 rings (SSSR count). The van der Waals surface area contributed by atoms with Crippen LogP contribution in [0.2, 0.25) is 0 Å². The van der Waals surface area contributed by atoms with Crippen LogP contribution in [0.15, 0.2) is 18.2 Å². The molecule has 4 amide bonds. The number of alkyl halides is 3. The average molecular weight is 544 g/mol. The summed E-state index contributed by atoms with van der Waals surface area (Å²) >= 11 is 0. The fourth-order valence-corrected chi connectivity index (χ4v) is 3.88. The number of rotatable bonds is 9. The van der Waals surface area contributed by atoms with Crippen LogP contribution in [0.4, 0.5) is 19.0 Å². The van der Waals surface area contributed by atoms with Gasteiger partial charge < -0.3 is 26.4 Å². The summed E-state index contributed by atoms with van der Waals surface area (Å²) in [6, 6.07) is 0.220. The quantitative estimate of drug-likeness (QED) is 0.289. The van der Waals surface area contributed by atoms with Gasteiger partial charge in [0.15, 0.2) is 5.78 Å². The number of pyridine rings is 1. The molecule has 1 aliphatic heterocycles. The van der Waals surface area contributed by atoms with Gasteiger partial charge in [-0.1, -0.05) is 26.8 Å². The lowest BCUT2D eigenvalue weighted by molar-refractivity contribution is -0.141. The van der Waals surface area contributed by atoms with E-state index in [2.05, 4.69) is 20.9 Å². The minimum absolute atomic E-state index is 0.0175. The first-order chi connectivity index (χ1) is 17.6. The first-order valence-corrected chi connectivity index (χ1v) is 12.0. The van der Waals surface area contributed by atoms with Crippen molar-refractivity contribution in [1.29, 1.82) is 0 Å². The van der Waals surface area contributed by atoms with Crippen molar-refractivity contribution in [3.8, 4) is 0 Å². The van der Waals surface area contributed by atoms with Gasteiger partial charge in [0.1, 0.15) is 24.2 Å². The van der Waals surface area contributed by atoms with E-state index < -0.39 is 71.2 Å². The van der Waals surface area contributed by atoms with E-state index in [0.717, 1.165) is 12.1 Å². The van der Waals surface area contributed by atoms with Crippen molar-refractivity contribution in [2.24, 2.45) is 11.3 Å². The Labute approximate surface area is 217 Å². The molecule has 210 valence electrons. The number of aliphatic hydroxyl groups excluding tert-OH is 1. The number of hydrogen-bond donors (Lipinski definition) is 5. The van der Waals surface area contributed by atoms with E-state index >= 15 is 0 Å². The number of anilines is 1. The normalized spacial score (nSPS) is 17.6. The maximum atomic E-state index is 13.1. The third-order valence-electron chi connectivity index (χ3n) is 5.71. The topological polar surface area (TPSA) is 167 Å². The summed E-state index contributed by atoms with van der Waals surface area (Å²) in [5.41, 5.74) is -1.82. The van der Waals surface area contributed by atoms with Gasteiger partial charge >= 0.3 is 18.0 Å². The van der Waals surface area contributed by atoms with Crippen molar-refractivity contribution in [2.45, 2.75) is 64.7 Å². The lowest BCUT2D eigenvalue weighted by atomic mass is 9.87. The minimum Gasteiger partial charge on any atom is -0.389 e. The Morgan fingerprint density at radius 3 is 2.37 bits per heavy atom. The second-order valence-electron chi connectivity index (χ2n) is 10.2. The predicted octanol–water partition coefficient (Wildman–Crippen LogP) is 0.922. The third kappa shape index (κ3) is 9.39. The second kappa shape index (κ2) is 12.8. The smallest absolute Gasteiger partial charge is 0.389 e. The van der Waals surface area contributed by atoms with Gasteiger partial charge in [-0.2, -0.15) is 13.2 Å². The highest BCUT2D eigenvalue weighted by atomic mass is 19.4. The van der Waals surface area contributed by atoms with E-state index in [1.165, 1.54) is 0 Å². The Kier molecular flexibility index (Phi) is 10.3. The number of nitrogens with zero attached hydrogens (tertiary/aromatic N) is 1. The Bertz CT molecular complexity index is 1060. The second-order valence-corrected chi connectivity index (χ2v) is 10.2. The molecule has 1 fully saturated rings. The van der Waals surface area contributed by atoms with Gasteiger partial charge in [0, 0.05) is 12.5 Å². The van der Waals surface area contributed by atoms with Crippen molar-refractivity contribution in [3.05, 3.63) is 23.9 Å². The molecule has 2 unspecified atom stereocenters. The highest BCUT2D eigenvalue weighted by Gasteiger charge is 2.35. The van der Waals surface area contributed by atoms with Crippen molar-refractivity contribution in [2.75, 3.05) is 18.5 Å². The summed E-state index contributed by atoms with van der Waals surface area (Å²) in [6.45, 7) is 4.89. The number of carbonyl (C=O) groups excluding carboxylic acids is 5. The molecule has 0 spiro atoms. The Morgan fingerprint density at radius 1 is 1.11 bits per heavy atom. The molecule has 0 aliphatic carbocycles. The zero-order valence-electron chi connectivity index (χ0n) is 21.3. The lowest BCUT2D eigenvalue weighted by Crippen LogP contribution is -2.55. The van der Waals surface area contributed by atoms with E-state index in [0.29, 0.717) is 25.5 Å². The van der Waals surface area contributed by atoms with Crippen LogP contribution in [0, 0.1) is 11.3 Å². The maximum absolute atomic E-state index is 13.1. The molecule has 0 saturated carbocycles. The molecule has 1 saturated heterocycles. The standard InChI is InChI=1S/C24H32F3N5O6/c1-23(2,3)11-15(20(36)29-14(16(34)12-33)10-13-6-5-9-28-19(13)35)30-21(37)22(38)32-18-8-4-7-17(31-18)24(25,26)27/h4,7-8,13-15,33H,5-6,9-12H2,1-3H3,(H,28,35)(H,29,36)(H,30,37)(H,31,32,38)/t13-,14?,15?/m0/s1. The number of piperidine rings is 1. The highest BCUT2D eigenvalue weighted by Crippen LogP contribution is 2.28. The number of aliphatic hydroxyl groups is 1. The molecule has 0 aromatic carbocycles. The van der Waals surface area contributed by atoms with Crippen LogP contribution >= 0.6 is 0 Å². The Hall–Kier alpha value is -3.55. The van der Waals surface area contributed by atoms with Crippen LogP contribution in [-0.2, 0) is 30.1 Å². The van der Waals surface area contributed by atoms with Crippen LogP contribution < -0.4 is 21.3 Å². The first kappa shape index (κ1) is 30.7. The number of aromatic nitrogens is 1. The van der Waals surface area contributed by atoms with Crippen molar-refractivity contribution in [1.82, 2.24) is 20.9 Å². The highest BCUT2D eigenvalue weighted by molar-refractivity contribution is 6.39. The van der Waals surface area contributed by atoms with Crippen molar-refractivity contribution in [3.63, 3.8) is 0 Å². The number of carbonyl (C=O) groups is 5. The molecule has 3 atom stereocenters. The summed E-state index contributed by atoms with van der Waals surface area (Å²) in [5, 5.41) is 18.7. The monoisotopic (exact) mass is 543 g/mol. The van der Waals surface area contributed by atoms with E-state index in [-0.39, 0.29) is 18.7 Å². The van der Waals surface area contributed by atoms with E-state index in [1.54, 1.807) is 20.8 Å². The number of halogens is 3. The van der Waals surface area contributed by atoms with Gasteiger partial charge in [0.25, 0.3) is 0 Å². The number of hydrogen-bond acceptors (Lipinski definition) is 7. The number of Topliss-reactive ketones (excluding diaryl/α,β-unsaturated/α-hetero) is 1. The van der Waals surface area contributed by atoms with E-state index in [9.17, 15) is 42.3 Å². The summed E-state index contributed by atoms with van der Waals surface area (Å²) < 4.78 is 38.6. The fourth-order valence-electron chi connectivity index (χ4n) is 3.88. The number of amides is 4. The molecule has 0 bridgehead atoms. The molecule has 38 heavy (non-hydrogen) atoms. The van der Waals surface area contributed by atoms with E-state index in [1.807, 2.05) is 5.32 Å². The molecule has 1 aliphatic rings. The largest absolute Gasteiger partial charge is 0.433 e. The summed E-state index contributed by atoms with van der Waals surface area (Å²) in [7, 11) is 0. The first-order valence-electron chi connectivity index (χ1n) is 12.0. The van der Waals surface area contributed by atoms with Crippen LogP contribution in [0.1, 0.15) is 52.1 Å². The van der Waals surface area contributed by atoms with Crippen LogP contribution in [-0.4, -0.2) is 64.7 Å². The molecule has 5 N–H and O–H groups in total. The summed E-state index contributed by atoms with van der Waals surface area (Å²) in [6.07, 6.45) is -3.63. The summed E-state index contributed by atoms with van der Waals surface area (Å²) in [4.78, 5) is 65.8. The molecular weight excluding hydrogens is 511 g/mol. The van der Waals surface area contributed by atoms with Crippen molar-refractivity contribution < 1.29 is 42.3 Å². The summed E-state index contributed by atoms with van der Waals surface area (Å²) in [5.74, 6) is -5.59. The average Bonchev–Trinajstić information content (AvgIpc) is 2.82. The van der Waals surface area contributed by atoms with Crippen LogP contribution in [0.25, 0.3) is 0 Å². The fraction of sp³-hybridized carbons (Fsp3) is 0.583. The molecular formula is C24H32F3N5O6. The van der Waals surface area contributed by atoms with Crippen LogP contribution in [0.3, 0.4) is 0 Å². The van der Waals surface area contributed by atoms with Gasteiger partial charge in [-0.15, -0.1) is 0 Å². The van der Waals surface area contributed by atoms with E-state index in [4.69, 9.17) is 0 Å². The van der Waals surface area contributed by atoms with Crippen LogP contribution in [0.5, 0.6) is 0 Å². The molecule has 2 heterocycles. The van der Waals surface area contributed by atoms with Gasteiger partial charge in [-0.05, 0) is 43.2 Å². The zero-order valence-corrected chi connectivity index (χ0v) is 21.3. The molecule has 1 aromatic heterocycles. The molecule has 14 heteroatoms. The lowest BCUT2D eigenvalue weighted by Gasteiger charge is -2.29. The molecule has 0 radical (unpaired) electrons. The van der Waals surface area contributed by atoms with Crippen molar-refractivity contribution >= 4 is 35.2 Å². The van der Waals surface area contributed by atoms with Gasteiger partial charge in [-0.25, -0.2) is 4.98 Å². The number of ketones is 1. The minimum atomic E-state index is -4.76. The molecule has 11 nitrogen and oxygen atoms in total. The zero-order chi connectivity index (χ0) is 28.7.